The number of amides is 2. The van der Waals surface area contributed by atoms with E-state index in [2.05, 4.69) is 10.3 Å². The number of likely N-dealkylation sites (tertiary alicyclic amines) is 1. The average Bonchev–Trinajstić information content (AvgIpc) is 2.67. The van der Waals surface area contributed by atoms with Crippen LogP contribution in [-0.4, -0.2) is 51.3 Å². The van der Waals surface area contributed by atoms with Gasteiger partial charge in [-0.1, -0.05) is 25.3 Å². The molecule has 2 amide bonds. The average molecular weight is 427 g/mol. The van der Waals surface area contributed by atoms with Crippen LogP contribution in [-0.2, 0) is 11.2 Å². The number of nitrogens with one attached hydrogen (secondary N) is 1. The number of carboxylic acid groups (broad SMARTS) is 1. The van der Waals surface area contributed by atoms with Gasteiger partial charge in [0.05, 0.1) is 0 Å². The first-order valence-corrected chi connectivity index (χ1v) is 10.4. The van der Waals surface area contributed by atoms with Crippen LogP contribution < -0.4 is 5.32 Å². The summed E-state index contributed by atoms with van der Waals surface area (Å²) in [5.74, 6) is -2.28. The maximum absolute atomic E-state index is 13.6. The lowest BCUT2D eigenvalue weighted by molar-refractivity contribution is -0.170. The first kappa shape index (κ1) is 22.4. The van der Waals surface area contributed by atoms with Gasteiger partial charge in [-0.15, -0.1) is 0 Å². The lowest BCUT2D eigenvalue weighted by Crippen LogP contribution is -2.71. The van der Waals surface area contributed by atoms with Crippen molar-refractivity contribution in [3.63, 3.8) is 0 Å². The van der Waals surface area contributed by atoms with Crippen LogP contribution in [0.3, 0.4) is 0 Å². The molecular formula is C21H28F3N3O3. The number of hydrogen-bond donors (Lipinski definition) is 2. The molecule has 3 rings (SSSR count). The van der Waals surface area contributed by atoms with E-state index in [1.165, 1.54) is 0 Å². The van der Waals surface area contributed by atoms with Crippen LogP contribution in [0.25, 0.3) is 0 Å². The summed E-state index contributed by atoms with van der Waals surface area (Å²) < 4.78 is 40.9. The molecule has 1 saturated carbocycles. The Morgan fingerprint density at radius 1 is 1.27 bits per heavy atom. The minimum Gasteiger partial charge on any atom is -0.480 e. The number of carbonyl (C=O) groups excluding carboxylic acids is 1. The molecule has 9 heteroatoms. The van der Waals surface area contributed by atoms with Crippen molar-refractivity contribution in [2.45, 2.75) is 76.7 Å². The van der Waals surface area contributed by atoms with Crippen LogP contribution >= 0.6 is 0 Å². The molecule has 30 heavy (non-hydrogen) atoms. The van der Waals surface area contributed by atoms with Gasteiger partial charge in [0, 0.05) is 24.4 Å². The van der Waals surface area contributed by atoms with Gasteiger partial charge in [0.2, 0.25) is 0 Å². The van der Waals surface area contributed by atoms with Gasteiger partial charge in [0.15, 0.2) is 0 Å². The van der Waals surface area contributed by atoms with Crippen molar-refractivity contribution < 1.29 is 27.9 Å². The highest BCUT2D eigenvalue weighted by Gasteiger charge is 2.54. The van der Waals surface area contributed by atoms with E-state index in [9.17, 15) is 27.9 Å². The Morgan fingerprint density at radius 3 is 2.50 bits per heavy atom. The number of carbonyl (C=O) groups is 2. The molecule has 1 aliphatic heterocycles. The third-order valence-corrected chi connectivity index (χ3v) is 6.41. The van der Waals surface area contributed by atoms with E-state index in [0.29, 0.717) is 32.1 Å². The van der Waals surface area contributed by atoms with Crippen molar-refractivity contribution in [1.29, 1.82) is 0 Å². The fraction of sp³-hybridized carbons (Fsp3) is 0.667. The second-order valence-corrected chi connectivity index (χ2v) is 8.54. The number of aryl methyl sites for hydroxylation is 1. The molecule has 0 radical (unpaired) electrons. The first-order valence-electron chi connectivity index (χ1n) is 10.4. The van der Waals surface area contributed by atoms with Crippen molar-refractivity contribution >= 4 is 12.0 Å². The molecule has 2 unspecified atom stereocenters. The smallest absolute Gasteiger partial charge is 0.408 e. The number of hydrogen-bond acceptors (Lipinski definition) is 3. The zero-order valence-electron chi connectivity index (χ0n) is 17.2. The van der Waals surface area contributed by atoms with Crippen molar-refractivity contribution in [2.24, 2.45) is 11.8 Å². The summed E-state index contributed by atoms with van der Waals surface area (Å²) in [5, 5.41) is 11.8. The van der Waals surface area contributed by atoms with E-state index in [0.717, 1.165) is 22.4 Å². The topological polar surface area (TPSA) is 82.5 Å². The third-order valence-electron chi connectivity index (χ3n) is 6.41. The number of alkyl halides is 3. The number of halogens is 3. The van der Waals surface area contributed by atoms with Gasteiger partial charge in [0.25, 0.3) is 0 Å². The normalized spacial score (nSPS) is 26.0. The maximum atomic E-state index is 13.6. The summed E-state index contributed by atoms with van der Waals surface area (Å²) in [6.45, 7) is 3.55. The predicted molar refractivity (Wildman–Crippen MR) is 104 cm³/mol. The van der Waals surface area contributed by atoms with Crippen LogP contribution in [0.15, 0.2) is 18.5 Å². The maximum Gasteiger partial charge on any atom is 0.408 e. The van der Waals surface area contributed by atoms with Gasteiger partial charge in [0.1, 0.15) is 12.1 Å². The second-order valence-electron chi connectivity index (χ2n) is 8.54. The first-order chi connectivity index (χ1) is 14.1. The zero-order valence-corrected chi connectivity index (χ0v) is 17.2. The molecule has 2 N–H and O–H groups in total. The third kappa shape index (κ3) is 4.70. The number of aromatic nitrogens is 1. The molecule has 1 aromatic heterocycles. The van der Waals surface area contributed by atoms with E-state index in [-0.39, 0.29) is 0 Å². The number of pyridine rings is 1. The monoisotopic (exact) mass is 427 g/mol. The van der Waals surface area contributed by atoms with Gasteiger partial charge in [-0.3, -0.25) is 4.98 Å². The fourth-order valence-electron chi connectivity index (χ4n) is 4.87. The fourth-order valence-corrected chi connectivity index (χ4v) is 4.87. The molecular weight excluding hydrogens is 399 g/mol. The molecule has 1 aromatic rings. The molecule has 1 aliphatic carbocycles. The SMILES string of the molecule is Cc1cncc(C[C@H]2C(C)N(C(=O)NC(C3CCCCC3)C(F)(F)F)[C@@H]2C(=O)O)c1. The standard InChI is InChI=1S/C21H28F3N3O3/c1-12-8-14(11-25-10-12)9-16-13(2)27(17(16)19(28)29)20(30)26-18(21(22,23)24)15-6-4-3-5-7-15/h8,10-11,13,15-18H,3-7,9H2,1-2H3,(H,26,30)(H,28,29)/t13?,16-,17-,18?/m0/s1. The minimum absolute atomic E-state index is 0.391. The van der Waals surface area contributed by atoms with Crippen LogP contribution in [0.2, 0.25) is 0 Å². The van der Waals surface area contributed by atoms with Gasteiger partial charge in [-0.05, 0) is 50.2 Å². The molecule has 1 saturated heterocycles. The number of rotatable bonds is 5. The van der Waals surface area contributed by atoms with Crippen molar-refractivity contribution in [1.82, 2.24) is 15.2 Å². The molecule has 0 aromatic carbocycles. The van der Waals surface area contributed by atoms with Crippen molar-refractivity contribution in [3.8, 4) is 0 Å². The summed E-state index contributed by atoms with van der Waals surface area (Å²) in [6, 6.07) is -2.68. The Morgan fingerprint density at radius 2 is 1.93 bits per heavy atom. The Hall–Kier alpha value is -2.32. The lowest BCUT2D eigenvalue weighted by Gasteiger charge is -2.52. The van der Waals surface area contributed by atoms with Crippen LogP contribution in [0, 0.1) is 18.8 Å². The molecule has 4 atom stereocenters. The van der Waals surface area contributed by atoms with E-state index in [1.54, 1.807) is 19.3 Å². The summed E-state index contributed by atoms with van der Waals surface area (Å²) in [4.78, 5) is 29.7. The second kappa shape index (κ2) is 8.81. The van der Waals surface area contributed by atoms with Crippen molar-refractivity contribution in [2.75, 3.05) is 0 Å². The molecule has 2 fully saturated rings. The highest BCUT2D eigenvalue weighted by molar-refractivity contribution is 5.85. The number of urea groups is 1. The van der Waals surface area contributed by atoms with E-state index >= 15 is 0 Å². The van der Waals surface area contributed by atoms with E-state index < -0.39 is 48.1 Å². The van der Waals surface area contributed by atoms with Crippen LogP contribution in [0.5, 0.6) is 0 Å². The quantitative estimate of drug-likeness (QED) is 0.746. The van der Waals surface area contributed by atoms with Gasteiger partial charge in [-0.2, -0.15) is 13.2 Å². The van der Waals surface area contributed by atoms with Crippen LogP contribution in [0.1, 0.15) is 50.2 Å². The molecule has 0 spiro atoms. The van der Waals surface area contributed by atoms with Gasteiger partial charge < -0.3 is 15.3 Å². The molecule has 2 aliphatic rings. The minimum atomic E-state index is -4.57. The van der Waals surface area contributed by atoms with E-state index in [4.69, 9.17) is 0 Å². The number of nitrogens with zero attached hydrogens (tertiary/aromatic N) is 2. The van der Waals surface area contributed by atoms with Gasteiger partial charge >= 0.3 is 18.2 Å². The highest BCUT2D eigenvalue weighted by atomic mass is 19.4. The Kier molecular flexibility index (Phi) is 6.57. The number of carboxylic acids is 1. The summed E-state index contributed by atoms with van der Waals surface area (Å²) in [6.07, 6.45) is 2.27. The van der Waals surface area contributed by atoms with Crippen LogP contribution in [0.4, 0.5) is 18.0 Å². The Labute approximate surface area is 173 Å². The summed E-state index contributed by atoms with van der Waals surface area (Å²) in [5.41, 5.74) is 1.77. The zero-order chi connectivity index (χ0) is 22.1. The highest BCUT2D eigenvalue weighted by Crippen LogP contribution is 2.38. The number of aliphatic carboxylic acids is 1. The Bertz CT molecular complexity index is 780. The summed E-state index contributed by atoms with van der Waals surface area (Å²) in [7, 11) is 0. The molecule has 2 heterocycles. The van der Waals surface area contributed by atoms with Gasteiger partial charge in [-0.25, -0.2) is 9.59 Å². The molecule has 0 bridgehead atoms. The Balaban J connectivity index is 1.73. The molecule has 166 valence electrons. The largest absolute Gasteiger partial charge is 0.480 e. The molecule has 6 nitrogen and oxygen atoms in total. The van der Waals surface area contributed by atoms with E-state index in [1.807, 2.05) is 13.0 Å². The predicted octanol–water partition coefficient (Wildman–Crippen LogP) is 3.93. The summed E-state index contributed by atoms with van der Waals surface area (Å²) >= 11 is 0. The van der Waals surface area contributed by atoms with Crippen molar-refractivity contribution in [3.05, 3.63) is 29.6 Å². The lowest BCUT2D eigenvalue weighted by atomic mass is 9.76.